The van der Waals surface area contributed by atoms with E-state index in [9.17, 15) is 0 Å². The van der Waals surface area contributed by atoms with E-state index in [1.54, 1.807) is 6.26 Å². The Hall–Kier alpha value is -0.430. The third kappa shape index (κ3) is 2.58. The van der Waals surface area contributed by atoms with Crippen molar-refractivity contribution in [2.75, 3.05) is 5.88 Å². The fraction of sp³-hybridized carbons (Fsp3) is 0.556. The Morgan fingerprint density at radius 2 is 2.27 bits per heavy atom. The van der Waals surface area contributed by atoms with Crippen molar-refractivity contribution in [2.45, 2.75) is 26.2 Å². The predicted molar refractivity (Wildman–Crippen MR) is 47.1 cm³/mol. The van der Waals surface area contributed by atoms with Gasteiger partial charge >= 0.3 is 0 Å². The highest BCUT2D eigenvalue weighted by Gasteiger charge is 1.99. The molecule has 0 N–H and O–H groups in total. The fourth-order valence-electron chi connectivity index (χ4n) is 1.04. The van der Waals surface area contributed by atoms with Crippen LogP contribution >= 0.6 is 11.6 Å². The van der Waals surface area contributed by atoms with Crippen LogP contribution < -0.4 is 0 Å². The molecule has 0 aliphatic heterocycles. The second kappa shape index (κ2) is 4.45. The number of hydrogen-bond acceptors (Lipinski definition) is 1. The Bertz CT molecular complexity index is 205. The van der Waals surface area contributed by atoms with E-state index in [1.165, 1.54) is 5.56 Å². The van der Waals surface area contributed by atoms with Crippen molar-refractivity contribution in [3.05, 3.63) is 23.7 Å². The van der Waals surface area contributed by atoms with Gasteiger partial charge in [-0.1, -0.05) is 0 Å². The number of halogens is 1. The summed E-state index contributed by atoms with van der Waals surface area (Å²) in [5, 5.41) is 0. The quantitative estimate of drug-likeness (QED) is 0.503. The lowest BCUT2D eigenvalue weighted by Gasteiger charge is -1.95. The summed E-state index contributed by atoms with van der Waals surface area (Å²) in [5.41, 5.74) is 1.25. The minimum absolute atomic E-state index is 0.750. The van der Waals surface area contributed by atoms with Gasteiger partial charge < -0.3 is 4.42 Å². The molecule has 0 radical (unpaired) electrons. The van der Waals surface area contributed by atoms with Crippen LogP contribution in [-0.2, 0) is 6.42 Å². The molecule has 62 valence electrons. The van der Waals surface area contributed by atoms with Gasteiger partial charge in [0.2, 0.25) is 0 Å². The maximum Gasteiger partial charge on any atom is 0.106 e. The van der Waals surface area contributed by atoms with Crippen molar-refractivity contribution in [1.29, 1.82) is 0 Å². The molecule has 1 aromatic rings. The molecule has 0 atom stereocenters. The highest BCUT2D eigenvalue weighted by Crippen LogP contribution is 2.11. The number of alkyl halides is 1. The second-order valence-electron chi connectivity index (χ2n) is 2.67. The summed E-state index contributed by atoms with van der Waals surface area (Å²) >= 11 is 5.55. The van der Waals surface area contributed by atoms with E-state index in [-0.39, 0.29) is 0 Å². The molecule has 0 saturated carbocycles. The van der Waals surface area contributed by atoms with Crippen LogP contribution in [0.4, 0.5) is 0 Å². The van der Waals surface area contributed by atoms with Crippen LogP contribution in [0.5, 0.6) is 0 Å². The van der Waals surface area contributed by atoms with E-state index in [4.69, 9.17) is 16.0 Å². The molecule has 0 aromatic carbocycles. The van der Waals surface area contributed by atoms with Gasteiger partial charge in [0, 0.05) is 12.3 Å². The highest BCUT2D eigenvalue weighted by molar-refractivity contribution is 6.17. The van der Waals surface area contributed by atoms with Gasteiger partial charge in [-0.05, 0) is 31.4 Å². The van der Waals surface area contributed by atoms with E-state index < -0.39 is 0 Å². The van der Waals surface area contributed by atoms with Crippen LogP contribution in [0.25, 0.3) is 0 Å². The Labute approximate surface area is 72.4 Å². The first-order valence-electron chi connectivity index (χ1n) is 3.93. The number of hydrogen-bond donors (Lipinski definition) is 0. The third-order valence-corrected chi connectivity index (χ3v) is 2.02. The van der Waals surface area contributed by atoms with E-state index >= 15 is 0 Å². The zero-order chi connectivity index (χ0) is 8.10. The topological polar surface area (TPSA) is 13.1 Å². The second-order valence-corrected chi connectivity index (χ2v) is 3.05. The van der Waals surface area contributed by atoms with Gasteiger partial charge in [0.25, 0.3) is 0 Å². The number of furan rings is 1. The first-order chi connectivity index (χ1) is 5.34. The van der Waals surface area contributed by atoms with Crippen molar-refractivity contribution in [3.63, 3.8) is 0 Å². The molecule has 0 aliphatic carbocycles. The van der Waals surface area contributed by atoms with E-state index in [0.29, 0.717) is 0 Å². The molecule has 0 amide bonds. The minimum Gasteiger partial charge on any atom is -0.469 e. The average Bonchev–Trinajstić information content (AvgIpc) is 2.37. The summed E-state index contributed by atoms with van der Waals surface area (Å²) in [6.07, 6.45) is 4.95. The van der Waals surface area contributed by atoms with Crippen LogP contribution in [0.1, 0.15) is 24.2 Å². The zero-order valence-corrected chi connectivity index (χ0v) is 7.53. The van der Waals surface area contributed by atoms with Gasteiger partial charge in [0.15, 0.2) is 0 Å². The van der Waals surface area contributed by atoms with Gasteiger partial charge in [-0.25, -0.2) is 0 Å². The van der Waals surface area contributed by atoms with Crippen LogP contribution in [0.15, 0.2) is 16.7 Å². The van der Waals surface area contributed by atoms with E-state index in [1.807, 2.05) is 6.07 Å². The molecular formula is C9H13ClO. The lowest BCUT2D eigenvalue weighted by atomic mass is 10.1. The largest absolute Gasteiger partial charge is 0.469 e. The maximum absolute atomic E-state index is 5.55. The van der Waals surface area contributed by atoms with Gasteiger partial charge in [-0.2, -0.15) is 0 Å². The van der Waals surface area contributed by atoms with Crippen LogP contribution in [0.2, 0.25) is 0 Å². The van der Waals surface area contributed by atoms with Gasteiger partial charge in [0.05, 0.1) is 6.26 Å². The highest BCUT2D eigenvalue weighted by atomic mass is 35.5. The smallest absolute Gasteiger partial charge is 0.106 e. The van der Waals surface area contributed by atoms with Gasteiger partial charge in [0.1, 0.15) is 5.76 Å². The van der Waals surface area contributed by atoms with Gasteiger partial charge in [-0.15, -0.1) is 11.6 Å². The Balaban J connectivity index is 2.32. The monoisotopic (exact) mass is 172 g/mol. The predicted octanol–water partition coefficient (Wildman–Crippen LogP) is 3.15. The summed E-state index contributed by atoms with van der Waals surface area (Å²) in [4.78, 5) is 0. The summed E-state index contributed by atoms with van der Waals surface area (Å²) < 4.78 is 5.27. The zero-order valence-electron chi connectivity index (χ0n) is 6.77. The standard InChI is InChI=1S/C9H13ClO/c1-8-5-7-11-9(8)4-2-3-6-10/h5,7H,2-4,6H2,1H3. The van der Waals surface area contributed by atoms with Crippen LogP contribution in [0.3, 0.4) is 0 Å². The summed E-state index contributed by atoms with van der Waals surface area (Å²) in [5.74, 6) is 1.86. The van der Waals surface area contributed by atoms with Crippen molar-refractivity contribution in [2.24, 2.45) is 0 Å². The maximum atomic E-state index is 5.55. The lowest BCUT2D eigenvalue weighted by Crippen LogP contribution is -1.85. The molecule has 1 heterocycles. The molecule has 0 fully saturated rings. The SMILES string of the molecule is Cc1ccoc1CCCCCl. The molecule has 1 aromatic heterocycles. The molecule has 11 heavy (non-hydrogen) atoms. The number of unbranched alkanes of at least 4 members (excludes halogenated alkanes) is 1. The molecular weight excluding hydrogens is 160 g/mol. The number of rotatable bonds is 4. The summed E-state index contributed by atoms with van der Waals surface area (Å²) in [7, 11) is 0. The molecule has 0 spiro atoms. The lowest BCUT2D eigenvalue weighted by molar-refractivity contribution is 0.498. The van der Waals surface area contributed by atoms with E-state index in [0.717, 1.165) is 30.9 Å². The normalized spacial score (nSPS) is 10.4. The van der Waals surface area contributed by atoms with Crippen molar-refractivity contribution < 1.29 is 4.42 Å². The molecule has 2 heteroatoms. The third-order valence-electron chi connectivity index (χ3n) is 1.76. The first-order valence-corrected chi connectivity index (χ1v) is 4.47. The molecule has 0 unspecified atom stereocenters. The van der Waals surface area contributed by atoms with Crippen molar-refractivity contribution >= 4 is 11.6 Å². The Kier molecular flexibility index (Phi) is 3.50. The van der Waals surface area contributed by atoms with Crippen LogP contribution in [-0.4, -0.2) is 5.88 Å². The molecule has 1 rings (SSSR count). The average molecular weight is 173 g/mol. The van der Waals surface area contributed by atoms with Gasteiger partial charge in [-0.3, -0.25) is 0 Å². The Morgan fingerprint density at radius 1 is 1.45 bits per heavy atom. The summed E-state index contributed by atoms with van der Waals surface area (Å²) in [6, 6.07) is 2.00. The molecule has 0 saturated heterocycles. The minimum atomic E-state index is 0.750. The number of aryl methyl sites for hydroxylation is 2. The van der Waals surface area contributed by atoms with Crippen molar-refractivity contribution in [1.82, 2.24) is 0 Å². The van der Waals surface area contributed by atoms with Crippen LogP contribution in [0, 0.1) is 6.92 Å². The fourth-order valence-corrected chi connectivity index (χ4v) is 1.23. The molecule has 0 bridgehead atoms. The summed E-state index contributed by atoms with van der Waals surface area (Å²) in [6.45, 7) is 2.07. The molecule has 1 nitrogen and oxygen atoms in total. The Morgan fingerprint density at radius 3 is 2.82 bits per heavy atom. The van der Waals surface area contributed by atoms with Crippen molar-refractivity contribution in [3.8, 4) is 0 Å². The molecule has 0 aliphatic rings. The van der Waals surface area contributed by atoms with E-state index in [2.05, 4.69) is 6.92 Å². The first kappa shape index (κ1) is 8.66.